The van der Waals surface area contributed by atoms with Crippen molar-refractivity contribution in [1.82, 2.24) is 4.57 Å². The number of Topliss-reactive ketones (excluding diaryl/α,β-unsaturated/α-hetero) is 1. The molecule has 0 atom stereocenters. The Kier molecular flexibility index (Phi) is 6.80. The van der Waals surface area contributed by atoms with E-state index in [0.29, 0.717) is 6.42 Å². The smallest absolute Gasteiger partial charge is 0.239 e. The van der Waals surface area contributed by atoms with E-state index in [9.17, 15) is 9.59 Å². The molecular formula is C24H29NO2. The zero-order valence-electron chi connectivity index (χ0n) is 16.2. The van der Waals surface area contributed by atoms with Gasteiger partial charge in [-0.3, -0.25) is 14.2 Å². The number of fused-ring (bicyclic) bond motifs is 3. The number of carbonyl (C=O) groups excluding carboxylic acids is 2. The van der Waals surface area contributed by atoms with E-state index in [4.69, 9.17) is 0 Å². The van der Waals surface area contributed by atoms with Crippen LogP contribution in [0, 0.1) is 0 Å². The monoisotopic (exact) mass is 363 g/mol. The largest absolute Gasteiger partial charge is 0.299 e. The third-order valence-electron chi connectivity index (χ3n) is 5.24. The molecule has 0 saturated carbocycles. The maximum Gasteiger partial charge on any atom is 0.239 e. The number of ketones is 1. The summed E-state index contributed by atoms with van der Waals surface area (Å²) in [5.74, 6) is -0.0734. The van der Waals surface area contributed by atoms with Gasteiger partial charge in [0.15, 0.2) is 0 Å². The fourth-order valence-electron chi connectivity index (χ4n) is 3.81. The van der Waals surface area contributed by atoms with Crippen LogP contribution in [0.15, 0.2) is 48.5 Å². The second-order valence-electron chi connectivity index (χ2n) is 7.35. The molecule has 2 aromatic carbocycles. The first kappa shape index (κ1) is 19.3. The number of aromatic nitrogens is 1. The van der Waals surface area contributed by atoms with Gasteiger partial charge < -0.3 is 0 Å². The summed E-state index contributed by atoms with van der Waals surface area (Å²) in [6.07, 6.45) is 8.75. The number of unbranched alkanes of at least 4 members (excludes halogenated alkanes) is 6. The van der Waals surface area contributed by atoms with E-state index in [1.165, 1.54) is 32.1 Å². The van der Waals surface area contributed by atoms with E-state index < -0.39 is 0 Å². The van der Waals surface area contributed by atoms with Crippen LogP contribution < -0.4 is 0 Å². The first-order chi connectivity index (χ1) is 13.2. The highest BCUT2D eigenvalue weighted by Crippen LogP contribution is 2.29. The molecule has 1 aromatic heterocycles. The molecule has 0 saturated heterocycles. The molecule has 1 heterocycles. The summed E-state index contributed by atoms with van der Waals surface area (Å²) < 4.78 is 1.72. The molecular weight excluding hydrogens is 334 g/mol. The van der Waals surface area contributed by atoms with Crippen molar-refractivity contribution in [3.63, 3.8) is 0 Å². The highest BCUT2D eigenvalue weighted by molar-refractivity contribution is 6.15. The molecule has 0 aliphatic rings. The Labute approximate surface area is 161 Å². The predicted octanol–water partition coefficient (Wildman–Crippen LogP) is 6.53. The van der Waals surface area contributed by atoms with Gasteiger partial charge in [-0.1, -0.05) is 81.8 Å². The second kappa shape index (κ2) is 9.50. The first-order valence-corrected chi connectivity index (χ1v) is 10.3. The van der Waals surface area contributed by atoms with Gasteiger partial charge in [0.05, 0.1) is 17.5 Å². The van der Waals surface area contributed by atoms with E-state index >= 15 is 0 Å². The van der Waals surface area contributed by atoms with Crippen LogP contribution in [0.25, 0.3) is 21.8 Å². The Morgan fingerprint density at radius 3 is 1.85 bits per heavy atom. The Morgan fingerprint density at radius 1 is 0.741 bits per heavy atom. The Hall–Kier alpha value is -2.42. The van der Waals surface area contributed by atoms with E-state index in [1.54, 1.807) is 4.57 Å². The molecule has 3 rings (SSSR count). The number of carbonyl (C=O) groups is 2. The molecule has 0 spiro atoms. The summed E-state index contributed by atoms with van der Waals surface area (Å²) in [4.78, 5) is 25.2. The summed E-state index contributed by atoms with van der Waals surface area (Å²) in [7, 11) is 0. The summed E-state index contributed by atoms with van der Waals surface area (Å²) in [6, 6.07) is 15.8. The first-order valence-electron chi connectivity index (χ1n) is 10.3. The summed E-state index contributed by atoms with van der Waals surface area (Å²) in [5.41, 5.74) is 1.76. The van der Waals surface area contributed by atoms with Crippen molar-refractivity contribution in [1.29, 1.82) is 0 Å². The van der Waals surface area contributed by atoms with Crippen LogP contribution >= 0.6 is 0 Å². The van der Waals surface area contributed by atoms with Gasteiger partial charge in [0.25, 0.3) is 0 Å². The van der Waals surface area contributed by atoms with Crippen LogP contribution in [-0.2, 0) is 4.79 Å². The lowest BCUT2D eigenvalue weighted by Gasteiger charge is -2.06. The Morgan fingerprint density at radius 2 is 1.26 bits per heavy atom. The zero-order valence-corrected chi connectivity index (χ0v) is 16.2. The van der Waals surface area contributed by atoms with E-state index in [-0.39, 0.29) is 18.1 Å². The van der Waals surface area contributed by atoms with Gasteiger partial charge in [0.1, 0.15) is 5.78 Å². The zero-order chi connectivity index (χ0) is 19.1. The molecule has 0 amide bonds. The van der Waals surface area contributed by atoms with Gasteiger partial charge in [-0.05, 0) is 18.6 Å². The third-order valence-corrected chi connectivity index (χ3v) is 5.24. The highest BCUT2D eigenvalue weighted by Gasteiger charge is 2.17. The molecule has 3 nitrogen and oxygen atoms in total. The maximum absolute atomic E-state index is 12.9. The van der Waals surface area contributed by atoms with Crippen molar-refractivity contribution in [3.8, 4) is 0 Å². The van der Waals surface area contributed by atoms with Crippen LogP contribution in [0.3, 0.4) is 0 Å². The minimum absolute atomic E-state index is 0.0154. The number of hydrogen-bond acceptors (Lipinski definition) is 2. The van der Waals surface area contributed by atoms with Crippen LogP contribution in [0.2, 0.25) is 0 Å². The lowest BCUT2D eigenvalue weighted by molar-refractivity contribution is -0.118. The van der Waals surface area contributed by atoms with Crippen molar-refractivity contribution < 1.29 is 9.59 Å². The van der Waals surface area contributed by atoms with Crippen LogP contribution in [0.4, 0.5) is 0 Å². The summed E-state index contributed by atoms with van der Waals surface area (Å²) >= 11 is 0. The third kappa shape index (κ3) is 4.65. The number of hydrogen-bond donors (Lipinski definition) is 0. The minimum atomic E-state index is -0.125. The average Bonchev–Trinajstić information content (AvgIpc) is 3.02. The van der Waals surface area contributed by atoms with Crippen LogP contribution in [0.1, 0.15) is 69.5 Å². The van der Waals surface area contributed by atoms with E-state index in [1.807, 2.05) is 48.5 Å². The molecule has 0 fully saturated rings. The van der Waals surface area contributed by atoms with Crippen molar-refractivity contribution in [3.05, 3.63) is 48.5 Å². The van der Waals surface area contributed by atoms with Crippen molar-refractivity contribution in [2.24, 2.45) is 0 Å². The van der Waals surface area contributed by atoms with Gasteiger partial charge in [0.2, 0.25) is 5.91 Å². The average molecular weight is 364 g/mol. The molecule has 3 aromatic rings. The number of para-hydroxylation sites is 2. The van der Waals surface area contributed by atoms with Crippen LogP contribution in [-0.4, -0.2) is 16.3 Å². The van der Waals surface area contributed by atoms with Crippen LogP contribution in [0.5, 0.6) is 0 Å². The number of benzene rings is 2. The molecule has 3 heteroatoms. The Balaban J connectivity index is 1.62. The molecule has 0 aliphatic carbocycles. The van der Waals surface area contributed by atoms with Gasteiger partial charge in [0, 0.05) is 17.2 Å². The molecule has 0 unspecified atom stereocenters. The molecule has 27 heavy (non-hydrogen) atoms. The standard InChI is InChI=1S/C24H29NO2/c1-2-3-4-5-6-7-8-13-19(26)18-24(27)25-22-16-11-9-14-20(22)21-15-10-12-17-23(21)25/h9-12,14-17H,2-8,13,18H2,1H3. The predicted molar refractivity (Wildman–Crippen MR) is 112 cm³/mol. The van der Waals surface area contributed by atoms with Crippen molar-refractivity contribution >= 4 is 33.5 Å². The van der Waals surface area contributed by atoms with Gasteiger partial charge >= 0.3 is 0 Å². The molecule has 0 bridgehead atoms. The number of nitrogens with zero attached hydrogens (tertiary/aromatic N) is 1. The fourth-order valence-corrected chi connectivity index (χ4v) is 3.81. The number of rotatable bonds is 10. The van der Waals surface area contributed by atoms with Crippen molar-refractivity contribution in [2.75, 3.05) is 0 Å². The summed E-state index contributed by atoms with van der Waals surface area (Å²) in [5, 5.41) is 2.11. The molecule has 142 valence electrons. The fraction of sp³-hybridized carbons (Fsp3) is 0.417. The normalized spacial score (nSPS) is 11.3. The van der Waals surface area contributed by atoms with Crippen molar-refractivity contribution in [2.45, 2.75) is 64.7 Å². The quantitative estimate of drug-likeness (QED) is 0.303. The van der Waals surface area contributed by atoms with Gasteiger partial charge in [-0.2, -0.15) is 0 Å². The topological polar surface area (TPSA) is 39.1 Å². The minimum Gasteiger partial charge on any atom is -0.299 e. The maximum atomic E-state index is 12.9. The summed E-state index contributed by atoms with van der Waals surface area (Å²) in [6.45, 7) is 2.22. The molecule has 0 aliphatic heterocycles. The second-order valence-corrected chi connectivity index (χ2v) is 7.35. The van der Waals surface area contributed by atoms with E-state index in [2.05, 4.69) is 6.92 Å². The Bertz CT molecular complexity index is 869. The molecule has 0 radical (unpaired) electrons. The van der Waals surface area contributed by atoms with Gasteiger partial charge in [-0.25, -0.2) is 0 Å². The van der Waals surface area contributed by atoms with Gasteiger partial charge in [-0.15, -0.1) is 0 Å². The molecule has 0 N–H and O–H groups in total. The van der Waals surface area contributed by atoms with E-state index in [0.717, 1.165) is 34.6 Å². The SMILES string of the molecule is CCCCCCCCCC(=O)CC(=O)n1c2ccccc2c2ccccc21. The highest BCUT2D eigenvalue weighted by atomic mass is 16.2. The lowest BCUT2D eigenvalue weighted by Crippen LogP contribution is -2.15. The lowest BCUT2D eigenvalue weighted by atomic mass is 10.1.